The van der Waals surface area contributed by atoms with E-state index in [1.807, 2.05) is 0 Å². The van der Waals surface area contributed by atoms with Gasteiger partial charge in [-0.3, -0.25) is 14.4 Å². The van der Waals surface area contributed by atoms with Crippen molar-refractivity contribution in [2.75, 3.05) is 30.8 Å². The van der Waals surface area contributed by atoms with E-state index in [1.165, 1.54) is 25.1 Å². The third kappa shape index (κ3) is 5.78. The van der Waals surface area contributed by atoms with Crippen LogP contribution in [0.25, 0.3) is 0 Å². The molecule has 2 amide bonds. The summed E-state index contributed by atoms with van der Waals surface area (Å²) in [5.74, 6) is -1.22. The van der Waals surface area contributed by atoms with Crippen LogP contribution in [0.1, 0.15) is 17.3 Å². The van der Waals surface area contributed by atoms with Crippen LogP contribution in [0.4, 0.5) is 15.8 Å². The van der Waals surface area contributed by atoms with Crippen LogP contribution >= 0.6 is 0 Å². The Kier molecular flexibility index (Phi) is 6.57. The Morgan fingerprint density at radius 2 is 1.62 bits per heavy atom. The molecule has 0 aromatic heterocycles. The summed E-state index contributed by atoms with van der Waals surface area (Å²) in [5.41, 5.74) is 1.24. The Morgan fingerprint density at radius 3 is 2.27 bits per heavy atom. The molecule has 7 heteroatoms. The number of Topliss-reactive ketones (excluding diaryl/α,β-unsaturated/α-hetero) is 1. The molecule has 0 aliphatic heterocycles. The van der Waals surface area contributed by atoms with Gasteiger partial charge in [0.05, 0.1) is 12.7 Å². The number of ketones is 1. The lowest BCUT2D eigenvalue weighted by Gasteiger charge is -2.14. The molecule has 6 nitrogen and oxygen atoms in total. The standard InChI is InChI=1S/C19H20FN3O3/c1-13(24)16-8-3-4-9-17(16)22-19(26)12-23(2)11-18(25)21-15-7-5-6-14(20)10-15/h3-10H,11-12H2,1-2H3,(H,21,25)(H,22,26)/p+1. The van der Waals surface area contributed by atoms with Crippen molar-refractivity contribution in [2.24, 2.45) is 0 Å². The van der Waals surface area contributed by atoms with Gasteiger partial charge in [0.2, 0.25) is 0 Å². The number of carbonyl (C=O) groups excluding carboxylic acids is 3. The molecular weight excluding hydrogens is 337 g/mol. The number of para-hydroxylation sites is 1. The molecule has 136 valence electrons. The van der Waals surface area contributed by atoms with Crippen molar-refractivity contribution in [2.45, 2.75) is 6.92 Å². The fourth-order valence-corrected chi connectivity index (χ4v) is 2.48. The predicted molar refractivity (Wildman–Crippen MR) is 96.7 cm³/mol. The second kappa shape index (κ2) is 8.87. The van der Waals surface area contributed by atoms with Gasteiger partial charge in [-0.05, 0) is 37.3 Å². The van der Waals surface area contributed by atoms with Gasteiger partial charge in [-0.25, -0.2) is 4.39 Å². The normalized spacial score (nSPS) is 11.5. The van der Waals surface area contributed by atoms with Crippen LogP contribution in [0.15, 0.2) is 48.5 Å². The third-order valence-corrected chi connectivity index (χ3v) is 3.61. The van der Waals surface area contributed by atoms with E-state index < -0.39 is 5.82 Å². The molecule has 0 saturated heterocycles. The van der Waals surface area contributed by atoms with Gasteiger partial charge in [0.1, 0.15) is 5.82 Å². The Labute approximate surface area is 151 Å². The van der Waals surface area contributed by atoms with Gasteiger partial charge < -0.3 is 15.5 Å². The maximum Gasteiger partial charge on any atom is 0.279 e. The molecule has 2 aromatic carbocycles. The summed E-state index contributed by atoms with van der Waals surface area (Å²) in [6.45, 7) is 1.51. The number of benzene rings is 2. The van der Waals surface area contributed by atoms with Gasteiger partial charge in [-0.2, -0.15) is 0 Å². The fraction of sp³-hybridized carbons (Fsp3) is 0.211. The highest BCUT2D eigenvalue weighted by atomic mass is 19.1. The Hall–Kier alpha value is -3.06. The summed E-state index contributed by atoms with van der Waals surface area (Å²) in [6.07, 6.45) is 0. The molecule has 1 unspecified atom stereocenters. The Bertz CT molecular complexity index is 823. The molecule has 2 rings (SSSR count). The van der Waals surface area contributed by atoms with Crippen LogP contribution in [0.3, 0.4) is 0 Å². The van der Waals surface area contributed by atoms with E-state index in [-0.39, 0.29) is 30.7 Å². The molecule has 3 N–H and O–H groups in total. The average molecular weight is 358 g/mol. The first-order chi connectivity index (χ1) is 12.3. The summed E-state index contributed by atoms with van der Waals surface area (Å²) in [4.78, 5) is 36.4. The van der Waals surface area contributed by atoms with E-state index in [0.717, 1.165) is 0 Å². The first-order valence-corrected chi connectivity index (χ1v) is 8.11. The molecule has 0 spiro atoms. The van der Waals surface area contributed by atoms with E-state index >= 15 is 0 Å². The molecule has 0 radical (unpaired) electrons. The van der Waals surface area contributed by atoms with Crippen molar-refractivity contribution in [3.63, 3.8) is 0 Å². The van der Waals surface area contributed by atoms with Crippen LogP contribution < -0.4 is 15.5 Å². The number of hydrogen-bond acceptors (Lipinski definition) is 3. The Balaban J connectivity index is 1.87. The molecule has 0 saturated carbocycles. The van der Waals surface area contributed by atoms with E-state index in [0.29, 0.717) is 21.8 Å². The van der Waals surface area contributed by atoms with E-state index in [4.69, 9.17) is 0 Å². The second-order valence-corrected chi connectivity index (χ2v) is 6.02. The minimum absolute atomic E-state index is 0.0400. The lowest BCUT2D eigenvalue weighted by Crippen LogP contribution is -3.11. The van der Waals surface area contributed by atoms with Crippen LogP contribution in [0.2, 0.25) is 0 Å². The predicted octanol–water partition coefficient (Wildman–Crippen LogP) is 1.12. The molecule has 0 aliphatic carbocycles. The molecule has 1 atom stereocenters. The minimum Gasteiger partial charge on any atom is -0.322 e. The van der Waals surface area contributed by atoms with Crippen LogP contribution in [-0.4, -0.2) is 37.7 Å². The number of rotatable bonds is 7. The number of quaternary nitrogens is 1. The van der Waals surface area contributed by atoms with Crippen molar-refractivity contribution < 1.29 is 23.7 Å². The van der Waals surface area contributed by atoms with Crippen LogP contribution in [0.5, 0.6) is 0 Å². The number of halogens is 1. The lowest BCUT2D eigenvalue weighted by molar-refractivity contribution is -0.862. The number of likely N-dealkylation sites (N-methyl/N-ethyl adjacent to an activating group) is 1. The van der Waals surface area contributed by atoms with E-state index in [2.05, 4.69) is 10.6 Å². The molecule has 2 aromatic rings. The summed E-state index contributed by atoms with van der Waals surface area (Å²) in [6, 6.07) is 12.3. The lowest BCUT2D eigenvalue weighted by atomic mass is 10.1. The molecule has 0 aliphatic rings. The van der Waals surface area contributed by atoms with E-state index in [9.17, 15) is 18.8 Å². The maximum absolute atomic E-state index is 13.1. The highest BCUT2D eigenvalue weighted by Crippen LogP contribution is 2.15. The van der Waals surface area contributed by atoms with Crippen LogP contribution in [0, 0.1) is 5.82 Å². The van der Waals surface area contributed by atoms with Crippen molar-refractivity contribution in [3.8, 4) is 0 Å². The largest absolute Gasteiger partial charge is 0.322 e. The number of anilines is 2. The van der Waals surface area contributed by atoms with Gasteiger partial charge in [0.25, 0.3) is 11.8 Å². The van der Waals surface area contributed by atoms with Crippen molar-refractivity contribution in [3.05, 3.63) is 59.9 Å². The number of nitrogens with one attached hydrogen (secondary N) is 3. The minimum atomic E-state index is -0.438. The first kappa shape index (κ1) is 19.3. The van der Waals surface area contributed by atoms with Gasteiger partial charge in [0, 0.05) is 11.3 Å². The monoisotopic (exact) mass is 358 g/mol. The molecule has 0 fully saturated rings. The Morgan fingerprint density at radius 1 is 0.962 bits per heavy atom. The summed E-state index contributed by atoms with van der Waals surface area (Å²) >= 11 is 0. The number of amides is 2. The summed E-state index contributed by atoms with van der Waals surface area (Å²) in [7, 11) is 1.70. The van der Waals surface area contributed by atoms with E-state index in [1.54, 1.807) is 37.4 Å². The molecule has 0 bridgehead atoms. The van der Waals surface area contributed by atoms with Gasteiger partial charge in [-0.15, -0.1) is 0 Å². The zero-order valence-electron chi connectivity index (χ0n) is 14.6. The zero-order valence-corrected chi connectivity index (χ0v) is 14.6. The molecule has 0 heterocycles. The summed E-state index contributed by atoms with van der Waals surface area (Å²) < 4.78 is 13.1. The van der Waals surface area contributed by atoms with Gasteiger partial charge >= 0.3 is 0 Å². The molecule has 26 heavy (non-hydrogen) atoms. The van der Waals surface area contributed by atoms with Crippen molar-refractivity contribution in [1.82, 2.24) is 0 Å². The highest BCUT2D eigenvalue weighted by Gasteiger charge is 2.16. The van der Waals surface area contributed by atoms with Crippen molar-refractivity contribution >= 4 is 29.0 Å². The molecular formula is C19H21FN3O3+. The highest BCUT2D eigenvalue weighted by molar-refractivity contribution is 6.03. The van der Waals surface area contributed by atoms with Crippen LogP contribution in [-0.2, 0) is 9.59 Å². The zero-order chi connectivity index (χ0) is 19.1. The number of hydrogen-bond donors (Lipinski definition) is 3. The third-order valence-electron chi connectivity index (χ3n) is 3.61. The van der Waals surface area contributed by atoms with Gasteiger partial charge in [-0.1, -0.05) is 18.2 Å². The fourth-order valence-electron chi connectivity index (χ4n) is 2.48. The quantitative estimate of drug-likeness (QED) is 0.649. The first-order valence-electron chi connectivity index (χ1n) is 8.11. The topological polar surface area (TPSA) is 79.7 Å². The maximum atomic E-state index is 13.1. The summed E-state index contributed by atoms with van der Waals surface area (Å²) in [5, 5.41) is 5.28. The second-order valence-electron chi connectivity index (χ2n) is 6.02. The van der Waals surface area contributed by atoms with Crippen molar-refractivity contribution in [1.29, 1.82) is 0 Å². The average Bonchev–Trinajstić information content (AvgIpc) is 2.54. The van der Waals surface area contributed by atoms with Gasteiger partial charge in [0.15, 0.2) is 18.9 Å². The smallest absolute Gasteiger partial charge is 0.279 e. The number of carbonyl (C=O) groups is 3. The SMILES string of the molecule is CC(=O)c1ccccc1NC(=O)C[NH+](C)CC(=O)Nc1cccc(F)c1.